The minimum Gasteiger partial charge on any atom is -0.456 e. The van der Waals surface area contributed by atoms with Gasteiger partial charge in [-0.25, -0.2) is 19.9 Å². The molecular formula is C46H29N5O. The van der Waals surface area contributed by atoms with Crippen LogP contribution in [0.15, 0.2) is 180 Å². The standard InChI is InChI=1S/C46H29N5O/c1-5-14-30(15-6-1)43-48-44(31-16-7-2-8-17-31)50-45(49-43)36-22-13-23-41-42(36)37-28-33(25-27-40(37)52-41)34-24-26-39-38(29-34)47-46(32-18-9-3-10-19-32)51(39)35-20-11-4-12-21-35/h1-29H. The van der Waals surface area contributed by atoms with E-state index in [9.17, 15) is 0 Å². The van der Waals surface area contributed by atoms with Gasteiger partial charge in [0.05, 0.1) is 11.0 Å². The number of nitrogens with zero attached hydrogens (tertiary/aromatic N) is 5. The van der Waals surface area contributed by atoms with E-state index in [2.05, 4.69) is 95.6 Å². The largest absolute Gasteiger partial charge is 0.456 e. The normalized spacial score (nSPS) is 11.5. The highest BCUT2D eigenvalue weighted by Crippen LogP contribution is 2.39. The maximum absolute atomic E-state index is 6.44. The van der Waals surface area contributed by atoms with Crippen LogP contribution in [0.3, 0.4) is 0 Å². The van der Waals surface area contributed by atoms with Gasteiger partial charge in [0.2, 0.25) is 0 Å². The molecule has 244 valence electrons. The van der Waals surface area contributed by atoms with E-state index in [0.717, 1.165) is 77.9 Å². The Labute approximate surface area is 299 Å². The molecule has 0 bridgehead atoms. The van der Waals surface area contributed by atoms with E-state index in [1.54, 1.807) is 0 Å². The van der Waals surface area contributed by atoms with E-state index >= 15 is 0 Å². The molecule has 0 spiro atoms. The summed E-state index contributed by atoms with van der Waals surface area (Å²) in [6.45, 7) is 0. The number of furan rings is 1. The van der Waals surface area contributed by atoms with Crippen LogP contribution in [0.25, 0.3) is 95.3 Å². The highest BCUT2D eigenvalue weighted by Gasteiger charge is 2.19. The van der Waals surface area contributed by atoms with E-state index in [-0.39, 0.29) is 0 Å². The molecule has 3 heterocycles. The fourth-order valence-electron chi connectivity index (χ4n) is 7.00. The molecule has 0 aliphatic heterocycles. The molecule has 3 aromatic heterocycles. The summed E-state index contributed by atoms with van der Waals surface area (Å²) in [5.74, 6) is 2.73. The molecule has 0 saturated carbocycles. The Balaban J connectivity index is 1.14. The summed E-state index contributed by atoms with van der Waals surface area (Å²) in [5, 5.41) is 1.95. The molecule has 0 atom stereocenters. The van der Waals surface area contributed by atoms with Gasteiger partial charge in [0, 0.05) is 38.7 Å². The van der Waals surface area contributed by atoms with Gasteiger partial charge in [0.1, 0.15) is 17.0 Å². The number of hydrogen-bond donors (Lipinski definition) is 0. The van der Waals surface area contributed by atoms with E-state index < -0.39 is 0 Å². The summed E-state index contributed by atoms with van der Waals surface area (Å²) >= 11 is 0. The van der Waals surface area contributed by atoms with Crippen LogP contribution < -0.4 is 0 Å². The number of hydrogen-bond acceptors (Lipinski definition) is 5. The Morgan fingerprint density at radius 2 is 0.981 bits per heavy atom. The third-order valence-corrected chi connectivity index (χ3v) is 9.47. The predicted molar refractivity (Wildman–Crippen MR) is 209 cm³/mol. The van der Waals surface area contributed by atoms with Crippen LogP contribution in [0.2, 0.25) is 0 Å². The number of benzene rings is 7. The van der Waals surface area contributed by atoms with E-state index in [4.69, 9.17) is 24.4 Å². The summed E-state index contributed by atoms with van der Waals surface area (Å²) in [6, 6.07) is 59.8. The van der Waals surface area contributed by atoms with Crippen molar-refractivity contribution in [3.63, 3.8) is 0 Å². The van der Waals surface area contributed by atoms with E-state index in [1.807, 2.05) is 84.9 Å². The van der Waals surface area contributed by atoms with Crippen molar-refractivity contribution in [1.29, 1.82) is 0 Å². The molecule has 0 fully saturated rings. The van der Waals surface area contributed by atoms with Crippen molar-refractivity contribution < 1.29 is 4.42 Å². The maximum atomic E-state index is 6.44. The second-order valence-electron chi connectivity index (χ2n) is 12.7. The van der Waals surface area contributed by atoms with Crippen LogP contribution in [0.4, 0.5) is 0 Å². The third-order valence-electron chi connectivity index (χ3n) is 9.47. The van der Waals surface area contributed by atoms with Crippen LogP contribution >= 0.6 is 0 Å². The van der Waals surface area contributed by atoms with Gasteiger partial charge in [-0.3, -0.25) is 4.57 Å². The van der Waals surface area contributed by atoms with Crippen molar-refractivity contribution in [2.75, 3.05) is 0 Å². The van der Waals surface area contributed by atoms with Gasteiger partial charge in [0.25, 0.3) is 0 Å². The molecule has 10 rings (SSSR count). The van der Waals surface area contributed by atoms with Gasteiger partial charge in [-0.05, 0) is 53.6 Å². The molecule has 0 unspecified atom stereocenters. The topological polar surface area (TPSA) is 69.6 Å². The molecule has 6 nitrogen and oxygen atoms in total. The summed E-state index contributed by atoms with van der Waals surface area (Å²) in [4.78, 5) is 20.2. The van der Waals surface area contributed by atoms with E-state index in [0.29, 0.717) is 17.5 Å². The molecule has 0 saturated heterocycles. The van der Waals surface area contributed by atoms with Crippen molar-refractivity contribution >= 4 is 33.0 Å². The zero-order valence-electron chi connectivity index (χ0n) is 27.9. The van der Waals surface area contributed by atoms with Crippen molar-refractivity contribution in [1.82, 2.24) is 24.5 Å². The molecule has 6 heteroatoms. The first-order valence-electron chi connectivity index (χ1n) is 17.2. The summed E-state index contributed by atoms with van der Waals surface area (Å²) in [6.07, 6.45) is 0. The lowest BCUT2D eigenvalue weighted by Gasteiger charge is -2.10. The second-order valence-corrected chi connectivity index (χ2v) is 12.7. The molecule has 52 heavy (non-hydrogen) atoms. The number of rotatable bonds is 6. The number of imidazole rings is 1. The van der Waals surface area contributed by atoms with Gasteiger partial charge in [-0.15, -0.1) is 0 Å². The second kappa shape index (κ2) is 12.3. The van der Waals surface area contributed by atoms with Crippen LogP contribution in [0.1, 0.15) is 0 Å². The highest BCUT2D eigenvalue weighted by molar-refractivity contribution is 6.13. The Bertz CT molecular complexity index is 2820. The average Bonchev–Trinajstić information content (AvgIpc) is 3.80. The van der Waals surface area contributed by atoms with Crippen LogP contribution in [0.5, 0.6) is 0 Å². The molecular weight excluding hydrogens is 639 g/mol. The molecule has 0 N–H and O–H groups in total. The smallest absolute Gasteiger partial charge is 0.164 e. The lowest BCUT2D eigenvalue weighted by atomic mass is 10.00. The van der Waals surface area contributed by atoms with Gasteiger partial charge in [0.15, 0.2) is 17.5 Å². The molecule has 0 amide bonds. The average molecular weight is 668 g/mol. The molecule has 0 aliphatic rings. The zero-order chi connectivity index (χ0) is 34.4. The number of fused-ring (bicyclic) bond motifs is 4. The van der Waals surface area contributed by atoms with Gasteiger partial charge < -0.3 is 4.42 Å². The fourth-order valence-corrected chi connectivity index (χ4v) is 7.00. The lowest BCUT2D eigenvalue weighted by molar-refractivity contribution is 0.669. The summed E-state index contributed by atoms with van der Waals surface area (Å²) in [5.41, 5.74) is 10.5. The number of aromatic nitrogens is 5. The minimum absolute atomic E-state index is 0.590. The Hall–Kier alpha value is -7.18. The van der Waals surface area contributed by atoms with Gasteiger partial charge in [-0.1, -0.05) is 133 Å². The fraction of sp³-hybridized carbons (Fsp3) is 0. The molecule has 0 radical (unpaired) electrons. The number of para-hydroxylation sites is 1. The monoisotopic (exact) mass is 667 g/mol. The summed E-state index contributed by atoms with van der Waals surface area (Å²) in [7, 11) is 0. The first-order chi connectivity index (χ1) is 25.8. The quantitative estimate of drug-likeness (QED) is 0.176. The lowest BCUT2D eigenvalue weighted by Crippen LogP contribution is -2.00. The Morgan fingerprint density at radius 1 is 0.404 bits per heavy atom. The highest BCUT2D eigenvalue weighted by atomic mass is 16.3. The van der Waals surface area contributed by atoms with Crippen molar-refractivity contribution in [2.45, 2.75) is 0 Å². The molecule has 10 aromatic rings. The molecule has 0 aliphatic carbocycles. The van der Waals surface area contributed by atoms with Crippen molar-refractivity contribution in [3.8, 4) is 62.4 Å². The van der Waals surface area contributed by atoms with Crippen LogP contribution in [0, 0.1) is 0 Å². The van der Waals surface area contributed by atoms with Gasteiger partial charge in [-0.2, -0.15) is 0 Å². The zero-order valence-corrected chi connectivity index (χ0v) is 27.9. The predicted octanol–water partition coefficient (Wildman–Crippen LogP) is 11.4. The van der Waals surface area contributed by atoms with Crippen LogP contribution in [-0.4, -0.2) is 24.5 Å². The first kappa shape index (κ1) is 29.7. The maximum Gasteiger partial charge on any atom is 0.164 e. The Morgan fingerprint density at radius 3 is 1.65 bits per heavy atom. The Kier molecular flexibility index (Phi) is 7.03. The minimum atomic E-state index is 0.590. The van der Waals surface area contributed by atoms with Crippen molar-refractivity contribution in [3.05, 3.63) is 176 Å². The third kappa shape index (κ3) is 5.13. The summed E-state index contributed by atoms with van der Waals surface area (Å²) < 4.78 is 8.67. The van der Waals surface area contributed by atoms with Crippen LogP contribution in [-0.2, 0) is 0 Å². The first-order valence-corrected chi connectivity index (χ1v) is 17.2. The van der Waals surface area contributed by atoms with Crippen molar-refractivity contribution in [2.24, 2.45) is 0 Å². The van der Waals surface area contributed by atoms with E-state index in [1.165, 1.54) is 0 Å². The SMILES string of the molecule is c1ccc(-c2nc(-c3ccccc3)nc(-c3cccc4oc5ccc(-c6ccc7c(c6)nc(-c6ccccc6)n7-c6ccccc6)cc5c34)n2)cc1. The van der Waals surface area contributed by atoms with Gasteiger partial charge >= 0.3 is 0 Å². The molecule has 7 aromatic carbocycles.